The van der Waals surface area contributed by atoms with Crippen molar-refractivity contribution in [3.63, 3.8) is 0 Å². The number of likely N-dealkylation sites (tertiary alicyclic amines) is 1. The van der Waals surface area contributed by atoms with E-state index in [9.17, 15) is 0 Å². The number of ether oxygens (including phenoxy) is 2. The molecule has 0 aliphatic carbocycles. The first-order valence-electron chi connectivity index (χ1n) is 6.57. The Morgan fingerprint density at radius 3 is 2.59 bits per heavy atom. The summed E-state index contributed by atoms with van der Waals surface area (Å²) in [5.74, 6) is 0. The van der Waals surface area contributed by atoms with Crippen LogP contribution in [-0.4, -0.2) is 56.0 Å². The molecule has 4 nitrogen and oxygen atoms in total. The van der Waals surface area contributed by atoms with Gasteiger partial charge in [-0.25, -0.2) is 0 Å². The Labute approximate surface area is 105 Å². The third kappa shape index (κ3) is 5.34. The van der Waals surface area contributed by atoms with Crippen molar-refractivity contribution in [3.05, 3.63) is 0 Å². The Balaban J connectivity index is 2.32. The van der Waals surface area contributed by atoms with Crippen LogP contribution < -0.4 is 5.73 Å². The average Bonchev–Trinajstić information content (AvgIpc) is 2.27. The molecule has 1 aliphatic heterocycles. The third-order valence-corrected chi connectivity index (χ3v) is 3.31. The molecule has 0 bridgehead atoms. The number of nitrogens with two attached hydrogens (primary N) is 1. The van der Waals surface area contributed by atoms with Crippen molar-refractivity contribution in [2.45, 2.75) is 51.4 Å². The maximum Gasteiger partial charge on any atom is 0.0600 e. The first-order valence-corrected chi connectivity index (χ1v) is 6.57. The largest absolute Gasteiger partial charge is 0.381 e. The van der Waals surface area contributed by atoms with E-state index in [0.29, 0.717) is 18.7 Å². The fourth-order valence-corrected chi connectivity index (χ4v) is 2.29. The topological polar surface area (TPSA) is 47.7 Å². The van der Waals surface area contributed by atoms with Crippen LogP contribution in [0.2, 0.25) is 0 Å². The highest BCUT2D eigenvalue weighted by atomic mass is 16.5. The van der Waals surface area contributed by atoms with Gasteiger partial charge in [0.2, 0.25) is 0 Å². The van der Waals surface area contributed by atoms with Crippen LogP contribution in [0.1, 0.15) is 33.6 Å². The minimum atomic E-state index is -0.0525. The van der Waals surface area contributed by atoms with Crippen LogP contribution in [0, 0.1) is 0 Å². The number of hydrogen-bond acceptors (Lipinski definition) is 4. The highest BCUT2D eigenvalue weighted by Gasteiger charge is 2.27. The molecule has 0 spiro atoms. The van der Waals surface area contributed by atoms with E-state index < -0.39 is 0 Å². The van der Waals surface area contributed by atoms with E-state index in [0.717, 1.165) is 32.5 Å². The Morgan fingerprint density at radius 1 is 1.35 bits per heavy atom. The molecule has 0 saturated carbocycles. The molecular weight excluding hydrogens is 216 g/mol. The van der Waals surface area contributed by atoms with Crippen molar-refractivity contribution in [2.24, 2.45) is 5.73 Å². The molecular formula is C13H28N2O2. The van der Waals surface area contributed by atoms with Crippen molar-refractivity contribution in [1.82, 2.24) is 4.90 Å². The van der Waals surface area contributed by atoms with Gasteiger partial charge in [-0.3, -0.25) is 4.90 Å². The zero-order valence-corrected chi connectivity index (χ0v) is 11.7. The first-order chi connectivity index (χ1) is 7.96. The van der Waals surface area contributed by atoms with Gasteiger partial charge in [0, 0.05) is 32.8 Å². The molecule has 1 fully saturated rings. The molecule has 2 unspecified atom stereocenters. The maximum atomic E-state index is 5.83. The lowest BCUT2D eigenvalue weighted by atomic mass is 9.99. The van der Waals surface area contributed by atoms with Crippen molar-refractivity contribution in [2.75, 3.05) is 33.4 Å². The van der Waals surface area contributed by atoms with E-state index in [4.69, 9.17) is 15.2 Å². The number of piperidine rings is 1. The van der Waals surface area contributed by atoms with Crippen molar-refractivity contribution in [3.8, 4) is 0 Å². The molecule has 0 radical (unpaired) electrons. The lowest BCUT2D eigenvalue weighted by molar-refractivity contribution is -0.0349. The van der Waals surface area contributed by atoms with Crippen LogP contribution in [0.15, 0.2) is 0 Å². The molecule has 1 heterocycles. The van der Waals surface area contributed by atoms with Crippen molar-refractivity contribution < 1.29 is 9.47 Å². The molecule has 4 heteroatoms. The van der Waals surface area contributed by atoms with Crippen LogP contribution >= 0.6 is 0 Å². The summed E-state index contributed by atoms with van der Waals surface area (Å²) in [6.45, 7) is 9.77. The molecule has 1 saturated heterocycles. The summed E-state index contributed by atoms with van der Waals surface area (Å²) in [7, 11) is 1.79. The predicted molar refractivity (Wildman–Crippen MR) is 70.2 cm³/mol. The molecule has 2 atom stereocenters. The van der Waals surface area contributed by atoms with Gasteiger partial charge in [-0.2, -0.15) is 0 Å². The summed E-state index contributed by atoms with van der Waals surface area (Å²) in [5.41, 5.74) is 5.78. The zero-order chi connectivity index (χ0) is 12.9. The number of hydrogen-bond donors (Lipinski definition) is 1. The van der Waals surface area contributed by atoms with Crippen LogP contribution in [0.4, 0.5) is 0 Å². The van der Waals surface area contributed by atoms with Crippen molar-refractivity contribution >= 4 is 0 Å². The summed E-state index contributed by atoms with van der Waals surface area (Å²) >= 11 is 0. The summed E-state index contributed by atoms with van der Waals surface area (Å²) in [4.78, 5) is 2.43. The molecule has 17 heavy (non-hydrogen) atoms. The molecule has 0 aromatic carbocycles. The van der Waals surface area contributed by atoms with E-state index in [2.05, 4.69) is 25.7 Å². The lowest BCUT2D eigenvalue weighted by Gasteiger charge is -2.38. The molecule has 1 rings (SSSR count). The Morgan fingerprint density at radius 2 is 2.06 bits per heavy atom. The second-order valence-electron chi connectivity index (χ2n) is 5.77. The van der Waals surface area contributed by atoms with Gasteiger partial charge in [-0.15, -0.1) is 0 Å². The maximum absolute atomic E-state index is 5.83. The summed E-state index contributed by atoms with van der Waals surface area (Å²) in [6.07, 6.45) is 2.52. The Hall–Kier alpha value is -0.160. The zero-order valence-electron chi connectivity index (χ0n) is 11.7. The second-order valence-corrected chi connectivity index (χ2v) is 5.77. The molecule has 1 aliphatic rings. The molecule has 0 aromatic rings. The summed E-state index contributed by atoms with van der Waals surface area (Å²) in [6, 6.07) is 0.442. The standard InChI is InChI=1S/C13H28N2O2/c1-13(2,3)17-8-7-15-6-5-12(16-4)9-11(15)10-14/h11-12H,5-10,14H2,1-4H3. The van der Waals surface area contributed by atoms with Gasteiger partial charge < -0.3 is 15.2 Å². The number of methoxy groups -OCH3 is 1. The van der Waals surface area contributed by atoms with Gasteiger partial charge in [0.05, 0.1) is 18.3 Å². The lowest BCUT2D eigenvalue weighted by Crippen LogP contribution is -2.49. The highest BCUT2D eigenvalue weighted by molar-refractivity contribution is 4.82. The summed E-state index contributed by atoms with van der Waals surface area (Å²) < 4.78 is 11.2. The minimum Gasteiger partial charge on any atom is -0.381 e. The van der Waals surface area contributed by atoms with Gasteiger partial charge in [0.1, 0.15) is 0 Å². The fraction of sp³-hybridized carbons (Fsp3) is 1.00. The van der Waals surface area contributed by atoms with E-state index in [-0.39, 0.29) is 5.60 Å². The Bertz CT molecular complexity index is 216. The molecule has 0 amide bonds. The van der Waals surface area contributed by atoms with E-state index >= 15 is 0 Å². The van der Waals surface area contributed by atoms with Gasteiger partial charge in [-0.05, 0) is 33.6 Å². The van der Waals surface area contributed by atoms with Gasteiger partial charge >= 0.3 is 0 Å². The van der Waals surface area contributed by atoms with Gasteiger partial charge in [0.15, 0.2) is 0 Å². The quantitative estimate of drug-likeness (QED) is 0.790. The van der Waals surface area contributed by atoms with Gasteiger partial charge in [0.25, 0.3) is 0 Å². The van der Waals surface area contributed by atoms with E-state index in [1.54, 1.807) is 7.11 Å². The smallest absolute Gasteiger partial charge is 0.0600 e. The minimum absolute atomic E-state index is 0.0525. The average molecular weight is 244 g/mol. The summed E-state index contributed by atoms with van der Waals surface area (Å²) in [5, 5.41) is 0. The Kier molecular flexibility index (Phi) is 5.86. The normalized spacial score (nSPS) is 27.4. The van der Waals surface area contributed by atoms with Crippen LogP contribution in [-0.2, 0) is 9.47 Å². The predicted octanol–water partition coefficient (Wildman–Crippen LogP) is 1.24. The highest BCUT2D eigenvalue weighted by Crippen LogP contribution is 2.19. The number of rotatable bonds is 5. The van der Waals surface area contributed by atoms with Crippen LogP contribution in [0.25, 0.3) is 0 Å². The molecule has 2 N–H and O–H groups in total. The monoisotopic (exact) mass is 244 g/mol. The van der Waals surface area contributed by atoms with E-state index in [1.165, 1.54) is 0 Å². The fourth-order valence-electron chi connectivity index (χ4n) is 2.29. The molecule has 0 aromatic heterocycles. The number of nitrogens with zero attached hydrogens (tertiary/aromatic N) is 1. The second kappa shape index (κ2) is 6.69. The van der Waals surface area contributed by atoms with Gasteiger partial charge in [-0.1, -0.05) is 0 Å². The SMILES string of the molecule is COC1CCN(CCOC(C)(C)C)C(CN)C1. The third-order valence-electron chi connectivity index (χ3n) is 3.31. The van der Waals surface area contributed by atoms with Crippen LogP contribution in [0.5, 0.6) is 0 Å². The van der Waals surface area contributed by atoms with Crippen molar-refractivity contribution in [1.29, 1.82) is 0 Å². The van der Waals surface area contributed by atoms with E-state index in [1.807, 2.05) is 0 Å². The van der Waals surface area contributed by atoms with Crippen LogP contribution in [0.3, 0.4) is 0 Å². The first kappa shape index (κ1) is 14.9. The molecule has 102 valence electrons.